The fourth-order valence-corrected chi connectivity index (χ4v) is 1.52. The lowest BCUT2D eigenvalue weighted by atomic mass is 10.1. The van der Waals surface area contributed by atoms with Crippen LogP contribution in [0.1, 0.15) is 12.5 Å². The maximum Gasteiger partial charge on any atom is 0.0568 e. The summed E-state index contributed by atoms with van der Waals surface area (Å²) in [6.07, 6.45) is 3.94. The molecule has 0 atom stereocenters. The van der Waals surface area contributed by atoms with Crippen LogP contribution in [0.3, 0.4) is 0 Å². The van der Waals surface area contributed by atoms with Crippen molar-refractivity contribution in [3.63, 3.8) is 0 Å². The van der Waals surface area contributed by atoms with Gasteiger partial charge in [-0.15, -0.1) is 0 Å². The Balaban J connectivity index is 2.28. The van der Waals surface area contributed by atoms with Gasteiger partial charge in [0.2, 0.25) is 0 Å². The third kappa shape index (κ3) is 2.07. The molecule has 0 aliphatic heterocycles. The standard InChI is InChI=1S/C12H15N3/c1-2-15-9-12(8-14-15)11-5-3-10(7-13)4-6-11/h3-6,8-9H,2,7,13H2,1H3. The van der Waals surface area contributed by atoms with Crippen LogP contribution in [0.15, 0.2) is 36.7 Å². The molecule has 1 aromatic heterocycles. The second kappa shape index (κ2) is 4.28. The predicted molar refractivity (Wildman–Crippen MR) is 61.2 cm³/mol. The highest BCUT2D eigenvalue weighted by molar-refractivity contribution is 5.61. The summed E-state index contributed by atoms with van der Waals surface area (Å²) in [6.45, 7) is 3.57. The van der Waals surface area contributed by atoms with E-state index in [0.29, 0.717) is 6.54 Å². The molecule has 2 N–H and O–H groups in total. The van der Waals surface area contributed by atoms with E-state index in [-0.39, 0.29) is 0 Å². The zero-order valence-corrected chi connectivity index (χ0v) is 8.85. The number of aryl methyl sites for hydroxylation is 1. The van der Waals surface area contributed by atoms with Gasteiger partial charge in [0.25, 0.3) is 0 Å². The van der Waals surface area contributed by atoms with Crippen molar-refractivity contribution in [2.24, 2.45) is 5.73 Å². The Morgan fingerprint density at radius 2 is 1.93 bits per heavy atom. The summed E-state index contributed by atoms with van der Waals surface area (Å²) < 4.78 is 1.92. The molecule has 2 aromatic rings. The molecule has 3 nitrogen and oxygen atoms in total. The zero-order chi connectivity index (χ0) is 10.7. The molecule has 15 heavy (non-hydrogen) atoms. The van der Waals surface area contributed by atoms with Gasteiger partial charge in [-0.2, -0.15) is 5.10 Å². The first-order valence-corrected chi connectivity index (χ1v) is 5.15. The summed E-state index contributed by atoms with van der Waals surface area (Å²) in [5.74, 6) is 0. The van der Waals surface area contributed by atoms with Gasteiger partial charge in [0, 0.05) is 24.8 Å². The zero-order valence-electron chi connectivity index (χ0n) is 8.85. The largest absolute Gasteiger partial charge is 0.326 e. The van der Waals surface area contributed by atoms with Crippen LogP contribution < -0.4 is 5.73 Å². The first kappa shape index (κ1) is 9.93. The SMILES string of the molecule is CCn1cc(-c2ccc(CN)cc2)cn1. The second-order valence-corrected chi connectivity index (χ2v) is 3.49. The second-order valence-electron chi connectivity index (χ2n) is 3.49. The fourth-order valence-electron chi connectivity index (χ4n) is 1.52. The quantitative estimate of drug-likeness (QED) is 0.825. The van der Waals surface area contributed by atoms with Gasteiger partial charge >= 0.3 is 0 Å². The van der Waals surface area contributed by atoms with Gasteiger partial charge in [0.15, 0.2) is 0 Å². The van der Waals surface area contributed by atoms with Crippen molar-refractivity contribution in [3.05, 3.63) is 42.2 Å². The highest BCUT2D eigenvalue weighted by Gasteiger charge is 2.00. The normalized spacial score (nSPS) is 10.5. The summed E-state index contributed by atoms with van der Waals surface area (Å²) in [5.41, 5.74) is 9.04. The molecule has 0 fully saturated rings. The van der Waals surface area contributed by atoms with Gasteiger partial charge in [-0.25, -0.2) is 0 Å². The lowest BCUT2D eigenvalue weighted by Crippen LogP contribution is -1.95. The number of aromatic nitrogens is 2. The van der Waals surface area contributed by atoms with Gasteiger partial charge in [0.05, 0.1) is 6.20 Å². The van der Waals surface area contributed by atoms with Gasteiger partial charge < -0.3 is 5.73 Å². The van der Waals surface area contributed by atoms with E-state index >= 15 is 0 Å². The van der Waals surface area contributed by atoms with E-state index in [0.717, 1.165) is 17.7 Å². The van der Waals surface area contributed by atoms with Crippen molar-refractivity contribution in [2.45, 2.75) is 20.0 Å². The van der Waals surface area contributed by atoms with E-state index < -0.39 is 0 Å². The van der Waals surface area contributed by atoms with E-state index in [1.54, 1.807) is 0 Å². The summed E-state index contributed by atoms with van der Waals surface area (Å²) in [5, 5.41) is 4.25. The molecule has 0 radical (unpaired) electrons. The molecule has 2 rings (SSSR count). The third-order valence-corrected chi connectivity index (χ3v) is 2.48. The molecular formula is C12H15N3. The van der Waals surface area contributed by atoms with Gasteiger partial charge in [-0.3, -0.25) is 4.68 Å². The van der Waals surface area contributed by atoms with Crippen molar-refractivity contribution in [1.29, 1.82) is 0 Å². The minimum absolute atomic E-state index is 0.592. The van der Waals surface area contributed by atoms with E-state index in [1.807, 2.05) is 10.9 Å². The molecule has 3 heteroatoms. The molecule has 0 unspecified atom stereocenters. The highest BCUT2D eigenvalue weighted by Crippen LogP contribution is 2.18. The Bertz CT molecular complexity index is 428. The molecule has 0 aliphatic carbocycles. The van der Waals surface area contributed by atoms with Crippen LogP contribution in [0.4, 0.5) is 0 Å². The number of nitrogens with two attached hydrogens (primary N) is 1. The summed E-state index contributed by atoms with van der Waals surface area (Å²) in [6, 6.07) is 8.27. The van der Waals surface area contributed by atoms with E-state index in [2.05, 4.69) is 42.5 Å². The summed E-state index contributed by atoms with van der Waals surface area (Å²) in [4.78, 5) is 0. The smallest absolute Gasteiger partial charge is 0.0568 e. The molecule has 0 bridgehead atoms. The average molecular weight is 201 g/mol. The number of hydrogen-bond acceptors (Lipinski definition) is 2. The molecule has 0 saturated heterocycles. The summed E-state index contributed by atoms with van der Waals surface area (Å²) >= 11 is 0. The molecule has 1 aromatic carbocycles. The topological polar surface area (TPSA) is 43.8 Å². The number of benzene rings is 1. The number of hydrogen-bond donors (Lipinski definition) is 1. The van der Waals surface area contributed by atoms with Gasteiger partial charge in [-0.05, 0) is 18.1 Å². The molecule has 0 amide bonds. The van der Waals surface area contributed by atoms with Crippen LogP contribution in [-0.2, 0) is 13.1 Å². The molecule has 1 heterocycles. The van der Waals surface area contributed by atoms with Crippen LogP contribution in [-0.4, -0.2) is 9.78 Å². The lowest BCUT2D eigenvalue weighted by Gasteiger charge is -1.99. The van der Waals surface area contributed by atoms with Gasteiger partial charge in [0.1, 0.15) is 0 Å². The van der Waals surface area contributed by atoms with Crippen molar-refractivity contribution in [1.82, 2.24) is 9.78 Å². The molecule has 0 spiro atoms. The Labute approximate surface area is 89.5 Å². The average Bonchev–Trinajstić information content (AvgIpc) is 2.78. The van der Waals surface area contributed by atoms with Crippen LogP contribution in [0.2, 0.25) is 0 Å². The minimum atomic E-state index is 0.592. The Morgan fingerprint density at radius 1 is 1.20 bits per heavy atom. The van der Waals surface area contributed by atoms with Crippen molar-refractivity contribution in [3.8, 4) is 11.1 Å². The highest BCUT2D eigenvalue weighted by atomic mass is 15.3. The minimum Gasteiger partial charge on any atom is -0.326 e. The predicted octanol–water partition coefficient (Wildman–Crippen LogP) is 2.03. The lowest BCUT2D eigenvalue weighted by molar-refractivity contribution is 0.660. The van der Waals surface area contributed by atoms with E-state index in [9.17, 15) is 0 Å². The van der Waals surface area contributed by atoms with Gasteiger partial charge in [-0.1, -0.05) is 24.3 Å². The number of nitrogens with zero attached hydrogens (tertiary/aromatic N) is 2. The summed E-state index contributed by atoms with van der Waals surface area (Å²) in [7, 11) is 0. The van der Waals surface area contributed by atoms with Crippen LogP contribution >= 0.6 is 0 Å². The molecule has 0 saturated carbocycles. The number of rotatable bonds is 3. The first-order chi connectivity index (χ1) is 7.33. The molecule has 0 aliphatic rings. The van der Waals surface area contributed by atoms with E-state index in [1.165, 1.54) is 5.56 Å². The van der Waals surface area contributed by atoms with Crippen LogP contribution in [0.25, 0.3) is 11.1 Å². The Kier molecular flexibility index (Phi) is 2.83. The van der Waals surface area contributed by atoms with Crippen LogP contribution in [0, 0.1) is 0 Å². The monoisotopic (exact) mass is 201 g/mol. The third-order valence-electron chi connectivity index (χ3n) is 2.48. The maximum absolute atomic E-state index is 5.55. The Hall–Kier alpha value is -1.61. The van der Waals surface area contributed by atoms with Crippen molar-refractivity contribution in [2.75, 3.05) is 0 Å². The maximum atomic E-state index is 5.55. The van der Waals surface area contributed by atoms with E-state index in [4.69, 9.17) is 5.73 Å². The first-order valence-electron chi connectivity index (χ1n) is 5.15. The Morgan fingerprint density at radius 3 is 2.47 bits per heavy atom. The van der Waals surface area contributed by atoms with Crippen LogP contribution in [0.5, 0.6) is 0 Å². The van der Waals surface area contributed by atoms with Crippen molar-refractivity contribution < 1.29 is 0 Å². The molecule has 78 valence electrons. The fraction of sp³-hybridized carbons (Fsp3) is 0.250. The van der Waals surface area contributed by atoms with Crippen molar-refractivity contribution >= 4 is 0 Å². The molecular weight excluding hydrogens is 186 g/mol.